The van der Waals surface area contributed by atoms with Crippen molar-refractivity contribution >= 4 is 0 Å². The highest BCUT2D eigenvalue weighted by Crippen LogP contribution is 2.43. The Hall–Kier alpha value is -1.03. The molecule has 1 saturated carbocycles. The molecule has 1 nitrogen and oxygen atoms in total. The molecule has 0 heterocycles. The second kappa shape index (κ2) is 4.57. The van der Waals surface area contributed by atoms with Crippen LogP contribution in [0.15, 0.2) is 24.3 Å². The van der Waals surface area contributed by atoms with E-state index >= 15 is 0 Å². The van der Waals surface area contributed by atoms with Crippen LogP contribution in [0.5, 0.6) is 0 Å². The Bertz CT molecular complexity index is 400. The molecule has 2 N–H and O–H groups in total. The van der Waals surface area contributed by atoms with E-state index < -0.39 is 17.6 Å². The zero-order chi connectivity index (χ0) is 13.4. The lowest BCUT2D eigenvalue weighted by molar-refractivity contribution is -0.184. The van der Waals surface area contributed by atoms with Crippen molar-refractivity contribution in [1.82, 2.24) is 0 Å². The van der Waals surface area contributed by atoms with Crippen LogP contribution in [0.4, 0.5) is 13.2 Å². The molecule has 1 aliphatic rings. The molecule has 18 heavy (non-hydrogen) atoms. The Morgan fingerprint density at radius 3 is 2.06 bits per heavy atom. The second-order valence-electron chi connectivity index (χ2n) is 5.34. The molecule has 0 bridgehead atoms. The highest BCUT2D eigenvalue weighted by Gasteiger charge is 2.44. The van der Waals surface area contributed by atoms with Crippen molar-refractivity contribution in [3.8, 4) is 0 Å². The number of alkyl halides is 3. The van der Waals surface area contributed by atoms with Gasteiger partial charge in [0.2, 0.25) is 0 Å². The number of aryl methyl sites for hydroxylation is 1. The Balaban J connectivity index is 2.10. The lowest BCUT2D eigenvalue weighted by Gasteiger charge is -2.38. The van der Waals surface area contributed by atoms with Crippen LogP contribution >= 0.6 is 0 Å². The fraction of sp³-hybridized carbons (Fsp3) is 0.571. The summed E-state index contributed by atoms with van der Waals surface area (Å²) in [5.74, 6) is -1.18. The van der Waals surface area contributed by atoms with Crippen LogP contribution < -0.4 is 5.73 Å². The van der Waals surface area contributed by atoms with Gasteiger partial charge in [-0.2, -0.15) is 13.2 Å². The van der Waals surface area contributed by atoms with E-state index in [0.717, 1.165) is 11.1 Å². The molecule has 0 unspecified atom stereocenters. The maximum absolute atomic E-state index is 12.6. The largest absolute Gasteiger partial charge is 0.391 e. The maximum Gasteiger partial charge on any atom is 0.391 e. The molecule has 0 spiro atoms. The van der Waals surface area contributed by atoms with Crippen molar-refractivity contribution in [3.05, 3.63) is 35.4 Å². The molecule has 2 rings (SSSR count). The van der Waals surface area contributed by atoms with Crippen molar-refractivity contribution < 1.29 is 13.2 Å². The summed E-state index contributed by atoms with van der Waals surface area (Å²) in [4.78, 5) is 0. The highest BCUT2D eigenvalue weighted by atomic mass is 19.4. The molecular formula is C14H18F3N. The van der Waals surface area contributed by atoms with Crippen LogP contribution in [0.2, 0.25) is 0 Å². The van der Waals surface area contributed by atoms with E-state index in [2.05, 4.69) is 0 Å². The zero-order valence-corrected chi connectivity index (χ0v) is 10.4. The number of halogens is 3. The monoisotopic (exact) mass is 257 g/mol. The minimum absolute atomic E-state index is 0.133. The molecule has 1 aromatic rings. The summed E-state index contributed by atoms with van der Waals surface area (Å²) in [6, 6.07) is 7.78. The number of benzene rings is 1. The Morgan fingerprint density at radius 2 is 1.61 bits per heavy atom. The summed E-state index contributed by atoms with van der Waals surface area (Å²) in [5, 5.41) is 0. The van der Waals surface area contributed by atoms with E-state index in [1.165, 1.54) is 0 Å². The Morgan fingerprint density at radius 1 is 1.11 bits per heavy atom. The van der Waals surface area contributed by atoms with Crippen LogP contribution in [-0.2, 0) is 5.54 Å². The second-order valence-corrected chi connectivity index (χ2v) is 5.34. The summed E-state index contributed by atoms with van der Waals surface area (Å²) in [5.41, 5.74) is 7.76. The average Bonchev–Trinajstić information content (AvgIpc) is 2.29. The third kappa shape index (κ3) is 2.69. The number of hydrogen-bond donors (Lipinski definition) is 1. The summed E-state index contributed by atoms with van der Waals surface area (Å²) in [6.07, 6.45) is -3.00. The summed E-state index contributed by atoms with van der Waals surface area (Å²) < 4.78 is 37.8. The number of rotatable bonds is 1. The number of nitrogens with two attached hydrogens (primary N) is 1. The van der Waals surface area contributed by atoms with Gasteiger partial charge in [-0.3, -0.25) is 0 Å². The van der Waals surface area contributed by atoms with Crippen molar-refractivity contribution in [3.63, 3.8) is 0 Å². The normalized spacial score (nSPS) is 29.3. The molecule has 1 aliphatic carbocycles. The van der Waals surface area contributed by atoms with Crippen molar-refractivity contribution in [2.45, 2.75) is 44.3 Å². The first-order chi connectivity index (χ1) is 8.31. The van der Waals surface area contributed by atoms with Crippen LogP contribution in [0.25, 0.3) is 0 Å². The molecule has 1 fully saturated rings. The molecule has 0 saturated heterocycles. The van der Waals surface area contributed by atoms with Gasteiger partial charge < -0.3 is 5.73 Å². The molecule has 0 radical (unpaired) electrons. The molecule has 100 valence electrons. The predicted molar refractivity (Wildman–Crippen MR) is 65.1 cm³/mol. The van der Waals surface area contributed by atoms with Crippen molar-refractivity contribution in [2.24, 2.45) is 11.7 Å². The quantitative estimate of drug-likeness (QED) is 0.811. The first-order valence-electron chi connectivity index (χ1n) is 6.24. The van der Waals surface area contributed by atoms with Crippen LogP contribution in [0.3, 0.4) is 0 Å². The standard InChI is InChI=1S/C14H18F3N/c1-10-2-4-11(5-3-10)13(18)8-6-12(7-9-13)14(15,16)17/h2-5,12H,6-9,18H2,1H3. The smallest absolute Gasteiger partial charge is 0.321 e. The van der Waals surface area contributed by atoms with Gasteiger partial charge in [-0.1, -0.05) is 29.8 Å². The summed E-state index contributed by atoms with van der Waals surface area (Å²) in [7, 11) is 0. The van der Waals surface area contributed by atoms with Gasteiger partial charge >= 0.3 is 6.18 Å². The van der Waals surface area contributed by atoms with E-state index in [0.29, 0.717) is 12.8 Å². The zero-order valence-electron chi connectivity index (χ0n) is 10.4. The first-order valence-corrected chi connectivity index (χ1v) is 6.24. The Kier molecular flexibility index (Phi) is 3.41. The molecule has 4 heteroatoms. The van der Waals surface area contributed by atoms with Crippen LogP contribution in [0.1, 0.15) is 36.8 Å². The van der Waals surface area contributed by atoms with Crippen molar-refractivity contribution in [1.29, 1.82) is 0 Å². The lowest BCUT2D eigenvalue weighted by atomic mass is 9.73. The van der Waals surface area contributed by atoms with Crippen LogP contribution in [0, 0.1) is 12.8 Å². The molecule has 0 amide bonds. The maximum atomic E-state index is 12.6. The molecule has 0 aromatic heterocycles. The van der Waals surface area contributed by atoms with Gasteiger partial charge in [-0.15, -0.1) is 0 Å². The van der Waals surface area contributed by atoms with E-state index in [-0.39, 0.29) is 12.8 Å². The topological polar surface area (TPSA) is 26.0 Å². The van der Waals surface area contributed by atoms with Gasteiger partial charge in [-0.05, 0) is 38.2 Å². The summed E-state index contributed by atoms with van der Waals surface area (Å²) >= 11 is 0. The predicted octanol–water partition coefficient (Wildman–Crippen LogP) is 3.90. The van der Waals surface area contributed by atoms with E-state index in [1.807, 2.05) is 31.2 Å². The van der Waals surface area contributed by atoms with Gasteiger partial charge in [0, 0.05) is 5.54 Å². The third-order valence-corrected chi connectivity index (χ3v) is 3.97. The van der Waals surface area contributed by atoms with Gasteiger partial charge in [0.15, 0.2) is 0 Å². The minimum Gasteiger partial charge on any atom is -0.321 e. The van der Waals surface area contributed by atoms with Gasteiger partial charge in [0.05, 0.1) is 5.92 Å². The Labute approximate surface area is 105 Å². The highest BCUT2D eigenvalue weighted by molar-refractivity contribution is 5.28. The fourth-order valence-corrected chi connectivity index (χ4v) is 2.63. The molecule has 1 aromatic carbocycles. The van der Waals surface area contributed by atoms with E-state index in [4.69, 9.17) is 5.73 Å². The van der Waals surface area contributed by atoms with Crippen molar-refractivity contribution in [2.75, 3.05) is 0 Å². The minimum atomic E-state index is -4.07. The average molecular weight is 257 g/mol. The fourth-order valence-electron chi connectivity index (χ4n) is 2.63. The van der Waals surface area contributed by atoms with Gasteiger partial charge in [-0.25, -0.2) is 0 Å². The third-order valence-electron chi connectivity index (χ3n) is 3.97. The van der Waals surface area contributed by atoms with Crippen LogP contribution in [-0.4, -0.2) is 6.18 Å². The molecule has 0 aliphatic heterocycles. The summed E-state index contributed by atoms with van der Waals surface area (Å²) in [6.45, 7) is 1.98. The van der Waals surface area contributed by atoms with E-state index in [9.17, 15) is 13.2 Å². The van der Waals surface area contributed by atoms with Gasteiger partial charge in [0.1, 0.15) is 0 Å². The SMILES string of the molecule is Cc1ccc(C2(N)CCC(C(F)(F)F)CC2)cc1. The van der Waals surface area contributed by atoms with E-state index in [1.54, 1.807) is 0 Å². The lowest BCUT2D eigenvalue weighted by Crippen LogP contribution is -2.43. The number of hydrogen-bond acceptors (Lipinski definition) is 1. The molecular weight excluding hydrogens is 239 g/mol. The molecule has 0 atom stereocenters. The van der Waals surface area contributed by atoms with Gasteiger partial charge in [0.25, 0.3) is 0 Å². The first kappa shape index (κ1) is 13.4.